The van der Waals surface area contributed by atoms with E-state index < -0.39 is 0 Å². The van der Waals surface area contributed by atoms with Crippen LogP contribution in [0.2, 0.25) is 0 Å². The monoisotopic (exact) mass is 358 g/mol. The molecule has 25 heavy (non-hydrogen) atoms. The summed E-state index contributed by atoms with van der Waals surface area (Å²) in [5.41, 5.74) is 2.83. The van der Waals surface area contributed by atoms with Gasteiger partial charge in [0, 0.05) is 25.3 Å². The molecule has 0 aromatic heterocycles. The van der Waals surface area contributed by atoms with Crippen molar-refractivity contribution in [1.29, 1.82) is 0 Å². The summed E-state index contributed by atoms with van der Waals surface area (Å²) in [5, 5.41) is 0. The highest BCUT2D eigenvalue weighted by atomic mass is 32.2. The van der Waals surface area contributed by atoms with Gasteiger partial charge < -0.3 is 9.80 Å². The topological polar surface area (TPSA) is 40.6 Å². The summed E-state index contributed by atoms with van der Waals surface area (Å²) in [6.45, 7) is 1.73. The number of amides is 2. The lowest BCUT2D eigenvalue weighted by Gasteiger charge is -2.30. The second-order valence-corrected chi connectivity index (χ2v) is 8.49. The number of carbonyl (C=O) groups is 2. The molecule has 5 heteroatoms. The molecule has 0 bridgehead atoms. The van der Waals surface area contributed by atoms with E-state index >= 15 is 0 Å². The molecule has 0 saturated carbocycles. The molecule has 2 aliphatic heterocycles. The molecule has 0 unspecified atom stereocenters. The third-order valence-corrected chi connectivity index (χ3v) is 6.83. The summed E-state index contributed by atoms with van der Waals surface area (Å²) < 4.78 is 0. The van der Waals surface area contributed by atoms with E-state index in [9.17, 15) is 9.59 Å². The first kappa shape index (κ1) is 17.0. The van der Waals surface area contributed by atoms with Gasteiger partial charge in [0.05, 0.1) is 5.88 Å². The number of benzene rings is 1. The predicted octanol–water partition coefficient (Wildman–Crippen LogP) is 2.71. The maximum atomic E-state index is 12.9. The fourth-order valence-electron chi connectivity index (χ4n) is 4.35. The minimum atomic E-state index is -0.230. The Morgan fingerprint density at radius 1 is 1.12 bits per heavy atom. The average molecular weight is 359 g/mol. The second kappa shape index (κ2) is 7.40. The summed E-state index contributed by atoms with van der Waals surface area (Å²) in [6, 6.07) is 8.35. The number of rotatable bonds is 3. The first-order chi connectivity index (χ1) is 12.2. The van der Waals surface area contributed by atoms with E-state index in [2.05, 4.69) is 24.3 Å². The number of aryl methyl sites for hydroxylation is 1. The van der Waals surface area contributed by atoms with E-state index in [1.807, 2.05) is 9.80 Å². The number of likely N-dealkylation sites (tertiary alicyclic amines) is 1. The number of fused-ring (bicyclic) bond motifs is 1. The first-order valence-corrected chi connectivity index (χ1v) is 10.6. The van der Waals surface area contributed by atoms with Crippen LogP contribution in [0.4, 0.5) is 0 Å². The van der Waals surface area contributed by atoms with Gasteiger partial charge in [-0.15, -0.1) is 11.8 Å². The molecule has 1 aromatic rings. The van der Waals surface area contributed by atoms with E-state index in [4.69, 9.17) is 0 Å². The summed E-state index contributed by atoms with van der Waals surface area (Å²) in [5.74, 6) is 2.19. The summed E-state index contributed by atoms with van der Waals surface area (Å²) in [4.78, 5) is 29.4. The Balaban J connectivity index is 1.38. The minimum Gasteiger partial charge on any atom is -0.341 e. The maximum Gasteiger partial charge on any atom is 0.246 e. The third kappa shape index (κ3) is 3.57. The highest BCUT2D eigenvalue weighted by molar-refractivity contribution is 7.99. The van der Waals surface area contributed by atoms with Gasteiger partial charge in [0.2, 0.25) is 11.8 Å². The fourth-order valence-corrected chi connectivity index (χ4v) is 5.52. The van der Waals surface area contributed by atoms with Crippen LogP contribution < -0.4 is 0 Å². The maximum absolute atomic E-state index is 12.9. The van der Waals surface area contributed by atoms with Crippen molar-refractivity contribution in [3.63, 3.8) is 0 Å². The number of hydrogen-bond acceptors (Lipinski definition) is 3. The van der Waals surface area contributed by atoms with Gasteiger partial charge in [0.15, 0.2) is 0 Å². The number of thioether (sulfide) groups is 1. The molecular formula is C20H26N2O2S. The normalized spacial score (nSPS) is 25.9. The van der Waals surface area contributed by atoms with Gasteiger partial charge in [0.1, 0.15) is 6.04 Å². The van der Waals surface area contributed by atoms with Crippen LogP contribution in [0, 0.1) is 5.92 Å². The van der Waals surface area contributed by atoms with E-state index in [1.165, 1.54) is 11.1 Å². The van der Waals surface area contributed by atoms with Crippen LogP contribution in [0.15, 0.2) is 24.3 Å². The number of carbonyl (C=O) groups excluding carboxylic acids is 2. The molecule has 2 heterocycles. The van der Waals surface area contributed by atoms with Crippen molar-refractivity contribution in [3.05, 3.63) is 35.4 Å². The van der Waals surface area contributed by atoms with Crippen LogP contribution in [0.25, 0.3) is 0 Å². The molecule has 1 aromatic carbocycles. The van der Waals surface area contributed by atoms with Crippen LogP contribution in [0.1, 0.15) is 36.8 Å². The summed E-state index contributed by atoms with van der Waals surface area (Å²) in [6.07, 6.45) is 5.92. The minimum absolute atomic E-state index is 0.171. The SMILES string of the molecule is O=C([C@@H]1CSCN1C(=O)C[C@@H]1CCc2ccccc2C1)N1CCCC1. The highest BCUT2D eigenvalue weighted by Gasteiger charge is 2.38. The molecule has 2 saturated heterocycles. The van der Waals surface area contributed by atoms with Crippen molar-refractivity contribution >= 4 is 23.6 Å². The third-order valence-electron chi connectivity index (χ3n) is 5.82. The molecule has 2 atom stereocenters. The van der Waals surface area contributed by atoms with Gasteiger partial charge >= 0.3 is 0 Å². The van der Waals surface area contributed by atoms with Crippen LogP contribution in [-0.4, -0.2) is 52.4 Å². The van der Waals surface area contributed by atoms with E-state index in [1.54, 1.807) is 11.8 Å². The number of nitrogens with zero attached hydrogens (tertiary/aromatic N) is 2. The molecule has 0 radical (unpaired) electrons. The summed E-state index contributed by atoms with van der Waals surface area (Å²) in [7, 11) is 0. The largest absolute Gasteiger partial charge is 0.341 e. The summed E-state index contributed by atoms with van der Waals surface area (Å²) >= 11 is 1.71. The van der Waals surface area contributed by atoms with Gasteiger partial charge in [-0.1, -0.05) is 24.3 Å². The van der Waals surface area contributed by atoms with Crippen molar-refractivity contribution in [3.8, 4) is 0 Å². The van der Waals surface area contributed by atoms with E-state index in [0.29, 0.717) is 18.2 Å². The molecule has 3 aliphatic rings. The molecule has 1 aliphatic carbocycles. The van der Waals surface area contributed by atoms with E-state index in [0.717, 1.165) is 50.9 Å². The van der Waals surface area contributed by atoms with Crippen molar-refractivity contribution in [2.75, 3.05) is 24.7 Å². The molecule has 0 spiro atoms. The van der Waals surface area contributed by atoms with Crippen LogP contribution in [-0.2, 0) is 22.4 Å². The second-order valence-electron chi connectivity index (χ2n) is 7.49. The zero-order chi connectivity index (χ0) is 17.2. The van der Waals surface area contributed by atoms with Gasteiger partial charge in [-0.2, -0.15) is 0 Å². The quantitative estimate of drug-likeness (QED) is 0.834. The Labute approximate surface area is 153 Å². The molecule has 134 valence electrons. The van der Waals surface area contributed by atoms with Gasteiger partial charge in [-0.05, 0) is 49.1 Å². The van der Waals surface area contributed by atoms with Crippen molar-refractivity contribution in [2.24, 2.45) is 5.92 Å². The lowest BCUT2D eigenvalue weighted by molar-refractivity contribution is -0.143. The van der Waals surface area contributed by atoms with Crippen molar-refractivity contribution in [2.45, 2.75) is 44.6 Å². The standard InChI is InChI=1S/C20H26N2O2S/c23-19(12-15-7-8-16-5-1-2-6-17(16)11-15)22-14-25-13-18(22)20(24)21-9-3-4-10-21/h1-2,5-6,15,18H,3-4,7-14H2/t15-,18+/m1/s1. The van der Waals surface area contributed by atoms with Crippen LogP contribution in [0.3, 0.4) is 0 Å². The van der Waals surface area contributed by atoms with Gasteiger partial charge in [0.25, 0.3) is 0 Å². The fraction of sp³-hybridized carbons (Fsp3) is 0.600. The van der Waals surface area contributed by atoms with E-state index in [-0.39, 0.29) is 17.9 Å². The van der Waals surface area contributed by atoms with Crippen molar-refractivity contribution in [1.82, 2.24) is 9.80 Å². The Bertz CT molecular complexity index is 657. The Kier molecular flexibility index (Phi) is 5.02. The smallest absolute Gasteiger partial charge is 0.246 e. The van der Waals surface area contributed by atoms with Crippen molar-refractivity contribution < 1.29 is 9.59 Å². The zero-order valence-corrected chi connectivity index (χ0v) is 15.5. The van der Waals surface area contributed by atoms with Gasteiger partial charge in [-0.25, -0.2) is 0 Å². The van der Waals surface area contributed by atoms with Crippen LogP contribution in [0.5, 0.6) is 0 Å². The predicted molar refractivity (Wildman–Crippen MR) is 100 cm³/mol. The molecule has 2 fully saturated rings. The lowest BCUT2D eigenvalue weighted by Crippen LogP contribution is -2.48. The number of hydrogen-bond donors (Lipinski definition) is 0. The molecule has 4 rings (SSSR count). The molecule has 0 N–H and O–H groups in total. The molecule has 4 nitrogen and oxygen atoms in total. The van der Waals surface area contributed by atoms with Crippen LogP contribution >= 0.6 is 11.8 Å². The average Bonchev–Trinajstić information content (AvgIpc) is 3.33. The lowest BCUT2D eigenvalue weighted by atomic mass is 9.82. The Morgan fingerprint density at radius 3 is 2.68 bits per heavy atom. The highest BCUT2D eigenvalue weighted by Crippen LogP contribution is 2.30. The first-order valence-electron chi connectivity index (χ1n) is 9.45. The van der Waals surface area contributed by atoms with Gasteiger partial charge in [-0.3, -0.25) is 9.59 Å². The molecular weight excluding hydrogens is 332 g/mol. The Morgan fingerprint density at radius 2 is 1.88 bits per heavy atom. The zero-order valence-electron chi connectivity index (χ0n) is 14.7. The Hall–Kier alpha value is -1.49. The molecule has 2 amide bonds.